The number of aliphatic hydroxyl groups is 2. The van der Waals surface area contributed by atoms with Gasteiger partial charge in [0.25, 0.3) is 0 Å². The van der Waals surface area contributed by atoms with Crippen molar-refractivity contribution < 1.29 is 24.5 Å². The van der Waals surface area contributed by atoms with Gasteiger partial charge < -0.3 is 20.3 Å². The number of allylic oxidation sites excluding steroid dienone is 5. The molecule has 0 saturated heterocycles. The summed E-state index contributed by atoms with van der Waals surface area (Å²) in [6.07, 6.45) is 85.0. The van der Waals surface area contributed by atoms with Crippen molar-refractivity contribution in [3.63, 3.8) is 0 Å². The summed E-state index contributed by atoms with van der Waals surface area (Å²) in [6, 6.07) is -0.628. The molecular weight excluding hydrogens is 947 g/mol. The van der Waals surface area contributed by atoms with Gasteiger partial charge in [0.2, 0.25) is 5.91 Å². The fourth-order valence-electron chi connectivity index (χ4n) is 10.8. The largest absolute Gasteiger partial charge is 0.466 e. The second-order valence-corrected chi connectivity index (χ2v) is 23.9. The van der Waals surface area contributed by atoms with Gasteiger partial charge in [-0.1, -0.05) is 346 Å². The molecule has 2 atom stereocenters. The Morgan fingerprint density at radius 3 is 1.03 bits per heavy atom. The van der Waals surface area contributed by atoms with E-state index in [2.05, 4.69) is 43.5 Å². The average molecular weight is 1080 g/mol. The third-order valence-electron chi connectivity index (χ3n) is 16.2. The number of hydrogen-bond donors (Lipinski definition) is 3. The second-order valence-electron chi connectivity index (χ2n) is 23.9. The third kappa shape index (κ3) is 63.1. The topological polar surface area (TPSA) is 95.9 Å². The first-order valence-electron chi connectivity index (χ1n) is 34.8. The zero-order chi connectivity index (χ0) is 55.7. The van der Waals surface area contributed by atoms with Crippen molar-refractivity contribution in [2.45, 2.75) is 392 Å². The average Bonchev–Trinajstić information content (AvgIpc) is 3.43. The molecule has 0 aromatic rings. The molecule has 0 spiro atoms. The molecule has 6 nitrogen and oxygen atoms in total. The summed E-state index contributed by atoms with van der Waals surface area (Å²) in [6.45, 7) is 4.89. The highest BCUT2D eigenvalue weighted by Crippen LogP contribution is 2.19. The molecule has 0 rings (SSSR count). The predicted octanol–water partition coefficient (Wildman–Crippen LogP) is 22.3. The minimum absolute atomic E-state index is 0.000761. The van der Waals surface area contributed by atoms with E-state index in [9.17, 15) is 19.8 Å². The fourth-order valence-corrected chi connectivity index (χ4v) is 10.8. The van der Waals surface area contributed by atoms with Crippen molar-refractivity contribution in [1.29, 1.82) is 0 Å². The van der Waals surface area contributed by atoms with Crippen LogP contribution in [0.15, 0.2) is 36.5 Å². The maximum absolute atomic E-state index is 12.5. The summed E-state index contributed by atoms with van der Waals surface area (Å²) in [5, 5.41) is 23.3. The quantitative estimate of drug-likeness (QED) is 0.0320. The summed E-state index contributed by atoms with van der Waals surface area (Å²) in [5.74, 6) is -0.0625. The van der Waals surface area contributed by atoms with E-state index in [1.807, 2.05) is 6.08 Å². The van der Waals surface area contributed by atoms with Crippen molar-refractivity contribution in [2.75, 3.05) is 13.2 Å². The van der Waals surface area contributed by atoms with Gasteiger partial charge in [0.15, 0.2) is 0 Å². The molecule has 0 bridgehead atoms. The summed E-state index contributed by atoms with van der Waals surface area (Å²) in [5.41, 5.74) is 0. The number of ether oxygens (including phenoxy) is 1. The SMILES string of the molecule is CCCC/C=C\C/C=C\CCCCCCCC(=O)OCCCCCCCCCCCCCCCCCCCCCCCCCCC(=O)NC(CO)C(O)/C=C/CCCCCCCCCCCCCCCCCCCCCC. The minimum atomic E-state index is -0.845. The van der Waals surface area contributed by atoms with Crippen molar-refractivity contribution >= 4 is 11.9 Å². The lowest BCUT2D eigenvalue weighted by molar-refractivity contribution is -0.143. The van der Waals surface area contributed by atoms with Gasteiger partial charge in [-0.15, -0.1) is 0 Å². The van der Waals surface area contributed by atoms with Crippen LogP contribution in [0.25, 0.3) is 0 Å². The van der Waals surface area contributed by atoms with Crippen LogP contribution in [0.1, 0.15) is 380 Å². The molecular formula is C71H135NO5. The van der Waals surface area contributed by atoms with E-state index in [1.165, 1.54) is 302 Å². The maximum atomic E-state index is 12.5. The summed E-state index contributed by atoms with van der Waals surface area (Å²) in [7, 11) is 0. The van der Waals surface area contributed by atoms with Crippen LogP contribution in [-0.4, -0.2) is 47.4 Å². The van der Waals surface area contributed by atoms with E-state index in [-0.39, 0.29) is 18.5 Å². The number of amides is 1. The molecule has 0 fully saturated rings. The van der Waals surface area contributed by atoms with Crippen LogP contribution in [0.2, 0.25) is 0 Å². The highest BCUT2D eigenvalue weighted by molar-refractivity contribution is 5.76. The lowest BCUT2D eigenvalue weighted by atomic mass is 10.0. The van der Waals surface area contributed by atoms with Crippen molar-refractivity contribution in [2.24, 2.45) is 0 Å². The standard InChI is InChI=1S/C71H135NO5/c1-3-5-7-9-11-13-15-17-19-20-21-22-27-30-33-36-39-43-47-51-55-59-63-69(74)68(67-73)72-70(75)64-60-56-52-48-44-40-37-34-31-28-25-23-24-26-29-32-35-38-42-46-50-54-58-62-66-77-71(76)65-61-57-53-49-45-41-18-16-14-12-10-8-6-4-2/h10,12,16,18,59,63,68-69,73-74H,3-9,11,13-15,17,19-58,60-62,64-67H2,1-2H3,(H,72,75)/b12-10-,18-16-,63-59+. The number of carbonyl (C=O) groups is 2. The number of nitrogens with one attached hydrogen (secondary N) is 1. The molecule has 6 heteroatoms. The predicted molar refractivity (Wildman–Crippen MR) is 338 cm³/mol. The first-order chi connectivity index (χ1) is 38.0. The van der Waals surface area contributed by atoms with Crippen LogP contribution in [0.5, 0.6) is 0 Å². The van der Waals surface area contributed by atoms with Crippen LogP contribution in [0.4, 0.5) is 0 Å². The van der Waals surface area contributed by atoms with Crippen molar-refractivity contribution in [3.05, 3.63) is 36.5 Å². The number of unbranched alkanes of at least 4 members (excludes halogenated alkanes) is 50. The molecule has 0 aromatic carbocycles. The Labute approximate surface area is 481 Å². The number of esters is 1. The van der Waals surface area contributed by atoms with Crippen LogP contribution in [-0.2, 0) is 14.3 Å². The number of hydrogen-bond acceptors (Lipinski definition) is 5. The molecule has 0 radical (unpaired) electrons. The van der Waals surface area contributed by atoms with Crippen LogP contribution >= 0.6 is 0 Å². The van der Waals surface area contributed by atoms with E-state index in [4.69, 9.17) is 4.74 Å². The molecule has 0 aromatic heterocycles. The summed E-state index contributed by atoms with van der Waals surface area (Å²) < 4.78 is 5.48. The van der Waals surface area contributed by atoms with Crippen molar-refractivity contribution in [3.8, 4) is 0 Å². The zero-order valence-corrected chi connectivity index (χ0v) is 52.0. The van der Waals surface area contributed by atoms with Gasteiger partial charge in [-0.2, -0.15) is 0 Å². The fraction of sp³-hybridized carbons (Fsp3) is 0.887. The third-order valence-corrected chi connectivity index (χ3v) is 16.2. The van der Waals surface area contributed by atoms with Gasteiger partial charge >= 0.3 is 5.97 Å². The minimum Gasteiger partial charge on any atom is -0.466 e. The first kappa shape index (κ1) is 75.1. The normalized spacial score (nSPS) is 12.7. The molecule has 0 saturated carbocycles. The van der Waals surface area contributed by atoms with Gasteiger partial charge in [0.1, 0.15) is 0 Å². The number of aliphatic hydroxyl groups excluding tert-OH is 2. The molecule has 0 aliphatic heterocycles. The van der Waals surface area contributed by atoms with Crippen LogP contribution in [0, 0.1) is 0 Å². The van der Waals surface area contributed by atoms with E-state index in [1.54, 1.807) is 6.08 Å². The molecule has 0 aliphatic carbocycles. The molecule has 0 heterocycles. The number of rotatable bonds is 65. The Morgan fingerprint density at radius 1 is 0.364 bits per heavy atom. The Balaban J connectivity index is 3.40. The molecule has 2 unspecified atom stereocenters. The first-order valence-corrected chi connectivity index (χ1v) is 34.8. The van der Waals surface area contributed by atoms with Crippen LogP contribution in [0.3, 0.4) is 0 Å². The molecule has 0 aliphatic rings. The Morgan fingerprint density at radius 2 is 0.662 bits per heavy atom. The highest BCUT2D eigenvalue weighted by atomic mass is 16.5. The Bertz CT molecular complexity index is 1250. The highest BCUT2D eigenvalue weighted by Gasteiger charge is 2.18. The molecule has 1 amide bonds. The van der Waals surface area contributed by atoms with Crippen LogP contribution < -0.4 is 5.32 Å². The monoisotopic (exact) mass is 1080 g/mol. The summed E-state index contributed by atoms with van der Waals surface area (Å²) in [4.78, 5) is 24.6. The van der Waals surface area contributed by atoms with Crippen molar-refractivity contribution in [1.82, 2.24) is 5.32 Å². The van der Waals surface area contributed by atoms with E-state index in [0.717, 1.165) is 51.4 Å². The molecule has 3 N–H and O–H groups in total. The van der Waals surface area contributed by atoms with E-state index < -0.39 is 12.1 Å². The van der Waals surface area contributed by atoms with E-state index >= 15 is 0 Å². The smallest absolute Gasteiger partial charge is 0.305 e. The maximum Gasteiger partial charge on any atom is 0.305 e. The summed E-state index contributed by atoms with van der Waals surface area (Å²) >= 11 is 0. The Hall–Kier alpha value is -1.92. The van der Waals surface area contributed by atoms with Gasteiger partial charge in [0.05, 0.1) is 25.4 Å². The molecule has 77 heavy (non-hydrogen) atoms. The molecule has 454 valence electrons. The van der Waals surface area contributed by atoms with Gasteiger partial charge in [0, 0.05) is 12.8 Å². The van der Waals surface area contributed by atoms with Gasteiger partial charge in [-0.25, -0.2) is 0 Å². The van der Waals surface area contributed by atoms with Gasteiger partial charge in [-0.05, 0) is 57.8 Å². The zero-order valence-electron chi connectivity index (χ0n) is 52.0. The number of carbonyl (C=O) groups excluding carboxylic acids is 2. The lowest BCUT2D eigenvalue weighted by Crippen LogP contribution is -2.45. The lowest BCUT2D eigenvalue weighted by Gasteiger charge is -2.20. The second kappa shape index (κ2) is 66.6. The van der Waals surface area contributed by atoms with E-state index in [0.29, 0.717) is 19.4 Å². The van der Waals surface area contributed by atoms with Gasteiger partial charge in [-0.3, -0.25) is 9.59 Å². The Kier molecular flexibility index (Phi) is 64.9.